The molecule has 0 bridgehead atoms. The van der Waals surface area contributed by atoms with Gasteiger partial charge in [-0.1, -0.05) is 364 Å². The minimum absolute atomic E-state index is 0.994. The summed E-state index contributed by atoms with van der Waals surface area (Å²) in [4.78, 5) is 0. The Hall–Kier alpha value is -8.59. The summed E-state index contributed by atoms with van der Waals surface area (Å²) in [6, 6.07) is 129. The van der Waals surface area contributed by atoms with Crippen molar-refractivity contribution in [1.29, 1.82) is 0 Å². The Balaban J connectivity index is 1.34. The summed E-state index contributed by atoms with van der Waals surface area (Å²) in [6.45, 7) is -3.74. The van der Waals surface area contributed by atoms with E-state index in [4.69, 9.17) is 0 Å². The smallest absolute Gasteiger partial charge is 0.493 e. The molecule has 0 saturated carbocycles. The third-order valence-corrected chi connectivity index (χ3v) is 31.8. The molecule has 0 aliphatic carbocycles. The van der Waals surface area contributed by atoms with Crippen molar-refractivity contribution in [3.05, 3.63) is 364 Å². The van der Waals surface area contributed by atoms with Crippen molar-refractivity contribution in [2.75, 3.05) is 0 Å². The summed E-state index contributed by atoms with van der Waals surface area (Å²) in [5, 5.41) is 11.9. The highest BCUT2D eigenvalue weighted by Crippen LogP contribution is 2.32. The molecule has 0 amide bonds. The second-order valence-corrected chi connectivity index (χ2v) is 33.5. The first kappa shape index (κ1) is 53.1. The van der Waals surface area contributed by atoms with Crippen LogP contribution in [0.5, 0.6) is 0 Å². The van der Waals surface area contributed by atoms with Gasteiger partial charge in [-0.15, -0.1) is 0 Å². The highest BCUT2D eigenvalue weighted by atomic mass is 28.4. The van der Waals surface area contributed by atoms with Gasteiger partial charge < -0.3 is 17.4 Å². The van der Waals surface area contributed by atoms with Crippen molar-refractivity contribution in [2.45, 2.75) is 0 Å². The van der Waals surface area contributed by atoms with E-state index in [2.05, 4.69) is 364 Å². The first-order valence-corrected chi connectivity index (χ1v) is 35.3. The van der Waals surface area contributed by atoms with Gasteiger partial charge in [0.05, 0.1) is 0 Å². The zero-order valence-electron chi connectivity index (χ0n) is 44.9. The van der Waals surface area contributed by atoms with Gasteiger partial charge in [0.15, 0.2) is 0 Å². The molecule has 9 heteroatoms. The zero-order valence-corrected chi connectivity index (χ0v) is 48.9. The molecule has 0 aliphatic rings. The minimum Gasteiger partial charge on any atom is -0.555 e. The van der Waals surface area contributed by atoms with E-state index >= 15 is 0 Å². The first-order valence-electron chi connectivity index (χ1n) is 27.7. The van der Waals surface area contributed by atoms with E-state index in [1.54, 1.807) is 0 Å². The van der Waals surface area contributed by atoms with E-state index < -0.39 is 40.2 Å². The third-order valence-electron chi connectivity index (χ3n) is 15.4. The maximum atomic E-state index is 9.18. The molecule has 0 N–H and O–H groups in total. The summed E-state index contributed by atoms with van der Waals surface area (Å²) in [7, 11) is -16.2. The Bertz CT molecular complexity index is 2950. The molecule has 0 aliphatic heterocycles. The summed E-state index contributed by atoms with van der Waals surface area (Å²) in [5.74, 6) is 0. The predicted molar refractivity (Wildman–Crippen MR) is 346 cm³/mol. The van der Waals surface area contributed by atoms with Gasteiger partial charge in [-0.25, -0.2) is 0 Å². The SMILES string of the molecule is c1ccc([Si](O[B-](O[Si](c2ccccc2)(c2ccccc2)c2ccccc2)(O[Si](c2ccccc2)(c2ccccc2)c2ccccc2)O[Si](c2ccccc2)(c2ccccc2)c2ccccc2)(c2ccccc2)c2ccccc2)cc1. The van der Waals surface area contributed by atoms with Crippen LogP contribution in [0, 0.1) is 0 Å². The molecule has 0 spiro atoms. The molecular weight excluding hydrogens is 1050 g/mol. The normalized spacial score (nSPS) is 12.1. The lowest BCUT2D eigenvalue weighted by Crippen LogP contribution is -2.86. The standard InChI is InChI=1S/C72H60BO4Si4/c1-13-37-61(38-14-1)78(62-39-15-2-16-40-62,63-41-17-3-18-42-63)74-73(75-79(64-43-19-4-20-44-64,65-45-21-5-22-46-65)66-47-23-6-24-48-66,76-80(67-49-25-7-26-50-67,68-51-27-8-28-52-68)69-53-29-9-30-54-69)77-81(70-55-31-10-32-56-70,71-57-33-11-34-58-71)72-59-35-12-36-60-72/h1-60H/q-1. The Morgan fingerprint density at radius 2 is 0.222 bits per heavy atom. The largest absolute Gasteiger partial charge is 0.555 e. The van der Waals surface area contributed by atoms with Gasteiger partial charge >= 0.3 is 6.96 Å². The van der Waals surface area contributed by atoms with E-state index in [-0.39, 0.29) is 0 Å². The highest BCUT2D eigenvalue weighted by Gasteiger charge is 2.60. The molecule has 4 nitrogen and oxygen atoms in total. The number of benzene rings is 12. The molecule has 12 rings (SSSR count). The Morgan fingerprint density at radius 3 is 0.309 bits per heavy atom. The number of hydrogen-bond acceptors (Lipinski definition) is 4. The van der Waals surface area contributed by atoms with E-state index in [0.717, 1.165) is 62.2 Å². The molecule has 0 heterocycles. The molecule has 392 valence electrons. The highest BCUT2D eigenvalue weighted by molar-refractivity contribution is 7.18. The maximum absolute atomic E-state index is 9.18. The monoisotopic (exact) mass is 1110 g/mol. The molecule has 0 unspecified atom stereocenters. The van der Waals surface area contributed by atoms with Crippen molar-refractivity contribution in [2.24, 2.45) is 0 Å². The lowest BCUT2D eigenvalue weighted by atomic mass is 10.1. The van der Waals surface area contributed by atoms with E-state index in [1.807, 2.05) is 0 Å². The van der Waals surface area contributed by atoms with Crippen LogP contribution in [0.15, 0.2) is 364 Å². The van der Waals surface area contributed by atoms with Gasteiger partial charge in [0, 0.05) is 0 Å². The Morgan fingerprint density at radius 1 is 0.136 bits per heavy atom. The fraction of sp³-hybridized carbons (Fsp3) is 0. The van der Waals surface area contributed by atoms with Gasteiger partial charge in [0.2, 0.25) is 33.3 Å². The topological polar surface area (TPSA) is 36.9 Å². The predicted octanol–water partition coefficient (Wildman–Crippen LogP) is 8.16. The second-order valence-electron chi connectivity index (χ2n) is 20.2. The van der Waals surface area contributed by atoms with Crippen LogP contribution < -0.4 is 62.2 Å². The molecule has 12 aromatic rings. The molecule has 81 heavy (non-hydrogen) atoms. The molecule has 0 fully saturated rings. The van der Waals surface area contributed by atoms with Gasteiger partial charge in [0.25, 0.3) is 0 Å². The second kappa shape index (κ2) is 24.0. The lowest BCUT2D eigenvalue weighted by Gasteiger charge is -2.60. The fourth-order valence-corrected chi connectivity index (χ4v) is 28.4. The van der Waals surface area contributed by atoms with E-state index in [0.29, 0.717) is 0 Å². The average Bonchev–Trinajstić information content (AvgIpc) is 3.74. The summed E-state index contributed by atoms with van der Waals surface area (Å²) >= 11 is 0. The van der Waals surface area contributed by atoms with E-state index in [1.165, 1.54) is 0 Å². The number of hydrogen-bond donors (Lipinski definition) is 0. The van der Waals surface area contributed by atoms with Gasteiger partial charge in [-0.05, 0) is 62.2 Å². The van der Waals surface area contributed by atoms with Crippen molar-refractivity contribution in [3.63, 3.8) is 0 Å². The van der Waals surface area contributed by atoms with E-state index in [9.17, 15) is 17.4 Å². The molecule has 0 saturated heterocycles. The van der Waals surface area contributed by atoms with Crippen LogP contribution in [0.25, 0.3) is 0 Å². The number of rotatable bonds is 20. The van der Waals surface area contributed by atoms with Crippen molar-refractivity contribution < 1.29 is 17.4 Å². The fourth-order valence-electron chi connectivity index (χ4n) is 11.9. The van der Waals surface area contributed by atoms with Crippen LogP contribution in [-0.4, -0.2) is 40.2 Å². The zero-order chi connectivity index (χ0) is 54.7. The maximum Gasteiger partial charge on any atom is 0.493 e. The van der Waals surface area contributed by atoms with Crippen LogP contribution in [0.3, 0.4) is 0 Å². The van der Waals surface area contributed by atoms with Crippen LogP contribution >= 0.6 is 0 Å². The van der Waals surface area contributed by atoms with Crippen LogP contribution in [0.4, 0.5) is 0 Å². The van der Waals surface area contributed by atoms with Gasteiger partial charge in [0.1, 0.15) is 0 Å². The lowest BCUT2D eigenvalue weighted by molar-refractivity contribution is 0.161. The quantitative estimate of drug-likeness (QED) is 0.0571. The summed E-state index contributed by atoms with van der Waals surface area (Å²) < 4.78 is 36.7. The van der Waals surface area contributed by atoms with Crippen molar-refractivity contribution in [1.82, 2.24) is 0 Å². The molecule has 12 aromatic carbocycles. The molecule has 0 radical (unpaired) electrons. The van der Waals surface area contributed by atoms with Gasteiger partial charge in [-0.3, -0.25) is 0 Å². The minimum atomic E-state index is -4.05. The van der Waals surface area contributed by atoms with Gasteiger partial charge in [-0.2, -0.15) is 0 Å². The average molecular weight is 1110 g/mol. The van der Waals surface area contributed by atoms with Crippen LogP contribution in [0.1, 0.15) is 0 Å². The van der Waals surface area contributed by atoms with Crippen LogP contribution in [0.2, 0.25) is 0 Å². The first-order chi connectivity index (χ1) is 40.1. The summed E-state index contributed by atoms with van der Waals surface area (Å²) in [5.41, 5.74) is 0. The van der Waals surface area contributed by atoms with Crippen LogP contribution in [-0.2, 0) is 17.4 Å². The summed E-state index contributed by atoms with van der Waals surface area (Å²) in [6.07, 6.45) is 0. The molecular formula is C72H60BO4Si4-. The Kier molecular flexibility index (Phi) is 15.7. The Labute approximate surface area is 480 Å². The van der Waals surface area contributed by atoms with Crippen molar-refractivity contribution in [3.8, 4) is 0 Å². The van der Waals surface area contributed by atoms with Crippen molar-refractivity contribution >= 4 is 102 Å². The molecule has 0 aromatic heterocycles. The third kappa shape index (κ3) is 10.2. The molecule has 0 atom stereocenters.